The summed E-state index contributed by atoms with van der Waals surface area (Å²) in [4.78, 5) is 44.4. The molecule has 0 aliphatic carbocycles. The molecule has 4 rings (SSSR count). The Balaban J connectivity index is 1.94. The Morgan fingerprint density at radius 2 is 1.90 bits per heavy atom. The Kier molecular flexibility index (Phi) is 4.97. The number of imidazole rings is 1. The molecule has 30 heavy (non-hydrogen) atoms. The van der Waals surface area contributed by atoms with Gasteiger partial charge < -0.3 is 14.2 Å². The van der Waals surface area contributed by atoms with Gasteiger partial charge in [-0.1, -0.05) is 26.0 Å². The molecule has 1 aromatic carbocycles. The minimum absolute atomic E-state index is 0.256. The van der Waals surface area contributed by atoms with Crippen molar-refractivity contribution in [3.63, 3.8) is 0 Å². The average molecular weight is 411 g/mol. The zero-order valence-electron chi connectivity index (χ0n) is 17.6. The topological polar surface area (TPSA) is 91.4 Å². The van der Waals surface area contributed by atoms with E-state index in [9.17, 15) is 14.4 Å². The van der Waals surface area contributed by atoms with Gasteiger partial charge in [0.2, 0.25) is 5.95 Å². The molecule has 1 atom stereocenters. The molecule has 3 heterocycles. The highest BCUT2D eigenvalue weighted by Crippen LogP contribution is 2.32. The van der Waals surface area contributed by atoms with Crippen LogP contribution in [0.25, 0.3) is 11.2 Å². The molecule has 9 heteroatoms. The first-order chi connectivity index (χ1) is 14.3. The molecule has 0 radical (unpaired) electrons. The molecule has 0 fully saturated rings. The normalized spacial score (nSPS) is 16.0. The number of ether oxygens (including phenoxy) is 1. The lowest BCUT2D eigenvalue weighted by Gasteiger charge is -2.33. The first-order valence-electron chi connectivity index (χ1n) is 9.99. The summed E-state index contributed by atoms with van der Waals surface area (Å²) in [7, 11) is 2.78. The number of hydrogen-bond donors (Lipinski definition) is 0. The smallest absolute Gasteiger partial charge is 0.333 e. The second-order valence-electron chi connectivity index (χ2n) is 7.74. The van der Waals surface area contributed by atoms with Crippen molar-refractivity contribution in [3.05, 3.63) is 50.7 Å². The maximum Gasteiger partial charge on any atom is 0.333 e. The zero-order valence-corrected chi connectivity index (χ0v) is 17.6. The number of esters is 1. The highest BCUT2D eigenvalue weighted by atomic mass is 16.5. The number of carbonyl (C=O) groups excluding carboxylic acids is 1. The van der Waals surface area contributed by atoms with Crippen LogP contribution in [0.1, 0.15) is 19.4 Å². The lowest BCUT2D eigenvalue weighted by molar-refractivity contribution is -0.141. The van der Waals surface area contributed by atoms with Crippen LogP contribution in [0, 0.1) is 5.92 Å². The van der Waals surface area contributed by atoms with Crippen LogP contribution in [0.4, 0.5) is 11.6 Å². The van der Waals surface area contributed by atoms with Crippen molar-refractivity contribution in [1.82, 2.24) is 18.7 Å². The standard InChI is InChI=1S/C21H25N5O4/c1-5-14-6-8-15(9-7-14)24-10-13(2)11-25-17-18(22-20(24)25)23(3)21(29)26(19(17)28)12-16(27)30-4/h6-9,13H,5,10-12H2,1-4H3/t13-/m1/s1. The first kappa shape index (κ1) is 19.9. The molecule has 0 unspecified atom stereocenters. The van der Waals surface area contributed by atoms with Gasteiger partial charge in [0.05, 0.1) is 7.11 Å². The van der Waals surface area contributed by atoms with Crippen molar-refractivity contribution >= 4 is 28.8 Å². The Hall–Kier alpha value is -3.36. The van der Waals surface area contributed by atoms with Crippen molar-refractivity contribution < 1.29 is 9.53 Å². The number of benzene rings is 1. The van der Waals surface area contributed by atoms with E-state index in [1.54, 1.807) is 7.05 Å². The Morgan fingerprint density at radius 3 is 2.53 bits per heavy atom. The zero-order chi connectivity index (χ0) is 21.6. The van der Waals surface area contributed by atoms with Crippen LogP contribution < -0.4 is 16.1 Å². The lowest BCUT2D eigenvalue weighted by Crippen LogP contribution is -2.42. The molecular formula is C21H25N5O4. The molecule has 0 spiro atoms. The van der Waals surface area contributed by atoms with E-state index in [1.807, 2.05) is 4.57 Å². The van der Waals surface area contributed by atoms with E-state index in [2.05, 4.69) is 52.7 Å². The van der Waals surface area contributed by atoms with Gasteiger partial charge in [0.25, 0.3) is 5.56 Å². The molecule has 0 saturated heterocycles. The summed E-state index contributed by atoms with van der Waals surface area (Å²) in [5.41, 5.74) is 1.72. The van der Waals surface area contributed by atoms with E-state index in [0.29, 0.717) is 23.7 Å². The van der Waals surface area contributed by atoms with Crippen molar-refractivity contribution in [1.29, 1.82) is 0 Å². The third-order valence-electron chi connectivity index (χ3n) is 5.61. The predicted octanol–water partition coefficient (Wildman–Crippen LogP) is 1.42. The SMILES string of the molecule is CCc1ccc(N2C[C@@H](C)Cn3c2nc2c3c(=O)n(CC(=O)OC)c(=O)n2C)cc1. The summed E-state index contributed by atoms with van der Waals surface area (Å²) in [6.07, 6.45) is 0.955. The van der Waals surface area contributed by atoms with Gasteiger partial charge in [-0.3, -0.25) is 14.2 Å². The highest BCUT2D eigenvalue weighted by molar-refractivity contribution is 5.77. The molecule has 2 aromatic heterocycles. The van der Waals surface area contributed by atoms with Crippen LogP contribution in [-0.2, 0) is 36.1 Å². The molecular weight excluding hydrogens is 386 g/mol. The highest BCUT2D eigenvalue weighted by Gasteiger charge is 2.30. The summed E-state index contributed by atoms with van der Waals surface area (Å²) in [5, 5.41) is 0. The fraction of sp³-hybridized carbons (Fsp3) is 0.429. The second kappa shape index (κ2) is 7.47. The summed E-state index contributed by atoms with van der Waals surface area (Å²) in [5.74, 6) is 0.222. The number of aryl methyl sites for hydroxylation is 2. The number of anilines is 2. The third kappa shape index (κ3) is 3.10. The number of hydrogen-bond acceptors (Lipinski definition) is 6. The second-order valence-corrected chi connectivity index (χ2v) is 7.74. The molecule has 1 aliphatic rings. The monoisotopic (exact) mass is 411 g/mol. The number of carbonyl (C=O) groups is 1. The molecule has 0 saturated carbocycles. The van der Waals surface area contributed by atoms with Crippen molar-refractivity contribution in [2.45, 2.75) is 33.4 Å². The number of rotatable bonds is 4. The van der Waals surface area contributed by atoms with Crippen LogP contribution in [-0.4, -0.2) is 38.3 Å². The number of fused-ring (bicyclic) bond motifs is 3. The van der Waals surface area contributed by atoms with Gasteiger partial charge >= 0.3 is 11.7 Å². The molecule has 3 aromatic rings. The quantitative estimate of drug-likeness (QED) is 0.603. The van der Waals surface area contributed by atoms with Gasteiger partial charge in [-0.2, -0.15) is 4.98 Å². The molecule has 1 aliphatic heterocycles. The van der Waals surface area contributed by atoms with Gasteiger partial charge in [-0.25, -0.2) is 9.36 Å². The van der Waals surface area contributed by atoms with Gasteiger partial charge in [0, 0.05) is 25.8 Å². The van der Waals surface area contributed by atoms with E-state index in [1.165, 1.54) is 17.2 Å². The van der Waals surface area contributed by atoms with Crippen LogP contribution in [0.3, 0.4) is 0 Å². The average Bonchev–Trinajstić information content (AvgIpc) is 3.14. The Bertz CT molecular complexity index is 1240. The molecule has 0 N–H and O–H groups in total. The number of nitrogens with zero attached hydrogens (tertiary/aromatic N) is 5. The summed E-state index contributed by atoms with van der Waals surface area (Å²) in [6.45, 7) is 5.13. The summed E-state index contributed by atoms with van der Waals surface area (Å²) in [6, 6.07) is 8.27. The molecule has 158 valence electrons. The molecule has 0 amide bonds. The van der Waals surface area contributed by atoms with E-state index < -0.39 is 23.8 Å². The van der Waals surface area contributed by atoms with Crippen molar-refractivity contribution in [2.24, 2.45) is 13.0 Å². The van der Waals surface area contributed by atoms with Gasteiger partial charge in [-0.15, -0.1) is 0 Å². The molecule has 9 nitrogen and oxygen atoms in total. The molecule has 0 bridgehead atoms. The van der Waals surface area contributed by atoms with E-state index in [4.69, 9.17) is 0 Å². The lowest BCUT2D eigenvalue weighted by atomic mass is 10.1. The van der Waals surface area contributed by atoms with Gasteiger partial charge in [0.1, 0.15) is 6.54 Å². The van der Waals surface area contributed by atoms with Crippen LogP contribution >= 0.6 is 0 Å². The van der Waals surface area contributed by atoms with Gasteiger partial charge in [0.15, 0.2) is 11.2 Å². The van der Waals surface area contributed by atoms with Crippen LogP contribution in [0.15, 0.2) is 33.9 Å². The van der Waals surface area contributed by atoms with E-state index in [-0.39, 0.29) is 5.92 Å². The van der Waals surface area contributed by atoms with E-state index in [0.717, 1.165) is 23.2 Å². The summed E-state index contributed by atoms with van der Waals surface area (Å²) < 4.78 is 8.72. The Morgan fingerprint density at radius 1 is 1.20 bits per heavy atom. The summed E-state index contributed by atoms with van der Waals surface area (Å²) >= 11 is 0. The van der Waals surface area contributed by atoms with Crippen LogP contribution in [0.2, 0.25) is 0 Å². The van der Waals surface area contributed by atoms with Gasteiger partial charge in [-0.05, 0) is 30.0 Å². The minimum Gasteiger partial charge on any atom is -0.468 e. The number of methoxy groups -OCH3 is 1. The predicted molar refractivity (Wildman–Crippen MR) is 113 cm³/mol. The fourth-order valence-corrected chi connectivity index (χ4v) is 3.97. The Labute approximate surface area is 173 Å². The largest absolute Gasteiger partial charge is 0.468 e. The fourth-order valence-electron chi connectivity index (χ4n) is 3.97. The van der Waals surface area contributed by atoms with Crippen molar-refractivity contribution in [2.75, 3.05) is 18.6 Å². The first-order valence-corrected chi connectivity index (χ1v) is 9.99. The van der Waals surface area contributed by atoms with Crippen molar-refractivity contribution in [3.8, 4) is 0 Å². The maximum absolute atomic E-state index is 13.2. The third-order valence-corrected chi connectivity index (χ3v) is 5.61. The number of aromatic nitrogens is 4. The maximum atomic E-state index is 13.2. The van der Waals surface area contributed by atoms with Crippen LogP contribution in [0.5, 0.6) is 0 Å². The van der Waals surface area contributed by atoms with E-state index >= 15 is 0 Å². The minimum atomic E-state index is -0.655.